The predicted molar refractivity (Wildman–Crippen MR) is 87.1 cm³/mol. The highest BCUT2D eigenvalue weighted by atomic mass is 32.2. The number of hydrogen-bond donors (Lipinski definition) is 0. The summed E-state index contributed by atoms with van der Waals surface area (Å²) in [6.45, 7) is 0. The number of hydrogen-bond acceptors (Lipinski definition) is 6. The lowest BCUT2D eigenvalue weighted by Crippen LogP contribution is -2.32. The first-order valence-electron chi connectivity index (χ1n) is 6.43. The van der Waals surface area contributed by atoms with E-state index in [4.69, 9.17) is 24.4 Å². The van der Waals surface area contributed by atoms with Crippen LogP contribution in [0, 0.1) is 0 Å². The number of rotatable bonds is 2. The highest BCUT2D eigenvalue weighted by Crippen LogP contribution is 2.47. The molecule has 2 saturated carbocycles. The van der Waals surface area contributed by atoms with Crippen LogP contribution in [0.4, 0.5) is 0 Å². The quantitative estimate of drug-likeness (QED) is 0.566. The van der Waals surface area contributed by atoms with E-state index in [9.17, 15) is 9.59 Å². The third-order valence-corrected chi connectivity index (χ3v) is 6.56. The van der Waals surface area contributed by atoms with Crippen LogP contribution in [-0.2, 0) is 9.59 Å². The Kier molecular flexibility index (Phi) is 3.00. The van der Waals surface area contributed by atoms with Gasteiger partial charge in [-0.3, -0.25) is 19.4 Å². The normalized spacial score (nSPS) is 31.0. The molecule has 0 aromatic carbocycles. The Hall–Kier alpha value is -0.440. The summed E-state index contributed by atoms with van der Waals surface area (Å²) in [7, 11) is 0. The first-order chi connectivity index (χ1) is 9.58. The molecule has 0 atom stereocenters. The first kappa shape index (κ1) is 13.2. The minimum atomic E-state index is -0.112. The zero-order chi connectivity index (χ0) is 14.0. The van der Waals surface area contributed by atoms with Crippen LogP contribution in [0.3, 0.4) is 0 Å². The fourth-order valence-electron chi connectivity index (χ4n) is 2.33. The minimum Gasteiger partial charge on any atom is -0.290 e. The lowest BCUT2D eigenvalue weighted by Gasteiger charge is -2.12. The Bertz CT molecular complexity index is 555. The fourth-order valence-corrected chi connectivity index (χ4v) is 5.28. The molecule has 2 heterocycles. The van der Waals surface area contributed by atoms with Crippen molar-refractivity contribution in [1.82, 2.24) is 9.80 Å². The van der Waals surface area contributed by atoms with Gasteiger partial charge in [0.25, 0.3) is 11.8 Å². The highest BCUT2D eigenvalue weighted by Gasteiger charge is 2.48. The standard InChI is InChI=1S/C12H10N2O2S4/c15-9-7(19-11(17)13(9)5-1-2-5)8-10(16)14(6-3-4-6)12(18)20-8/h5-6H,1-4H2/b8-7+. The molecule has 8 heteroatoms. The maximum Gasteiger partial charge on any atom is 0.267 e. The van der Waals surface area contributed by atoms with Gasteiger partial charge in [0.2, 0.25) is 0 Å². The van der Waals surface area contributed by atoms with E-state index in [2.05, 4.69) is 0 Å². The lowest BCUT2D eigenvalue weighted by atomic mass is 10.3. The summed E-state index contributed by atoms with van der Waals surface area (Å²) < 4.78 is 1.15. The average Bonchev–Trinajstić information content (AvgIpc) is 3.28. The molecule has 2 saturated heterocycles. The number of thiocarbonyl (C=S) groups is 2. The average molecular weight is 342 g/mol. The van der Waals surface area contributed by atoms with Crippen molar-refractivity contribution in [2.45, 2.75) is 37.8 Å². The molecule has 0 N–H and O–H groups in total. The van der Waals surface area contributed by atoms with Crippen LogP contribution >= 0.6 is 48.0 Å². The van der Waals surface area contributed by atoms with Gasteiger partial charge in [0.1, 0.15) is 8.64 Å². The van der Waals surface area contributed by atoms with Crippen molar-refractivity contribution in [2.24, 2.45) is 0 Å². The zero-order valence-corrected chi connectivity index (χ0v) is 13.6. The van der Waals surface area contributed by atoms with Crippen molar-refractivity contribution in [3.8, 4) is 0 Å². The molecule has 20 heavy (non-hydrogen) atoms. The van der Waals surface area contributed by atoms with Crippen LogP contribution in [0.1, 0.15) is 25.7 Å². The maximum atomic E-state index is 12.5. The van der Waals surface area contributed by atoms with Crippen LogP contribution < -0.4 is 0 Å². The minimum absolute atomic E-state index is 0.112. The fraction of sp³-hybridized carbons (Fsp3) is 0.500. The first-order valence-corrected chi connectivity index (χ1v) is 8.88. The van der Waals surface area contributed by atoms with Crippen molar-refractivity contribution >= 4 is 68.4 Å². The Labute approximate surface area is 135 Å². The summed E-state index contributed by atoms with van der Waals surface area (Å²) in [5, 5.41) is 0. The molecule has 0 unspecified atom stereocenters. The molecule has 0 spiro atoms. The van der Waals surface area contributed by atoms with Gasteiger partial charge < -0.3 is 0 Å². The summed E-state index contributed by atoms with van der Waals surface area (Å²) in [6, 6.07) is 0.488. The van der Waals surface area contributed by atoms with Gasteiger partial charge in [-0.2, -0.15) is 0 Å². The second-order valence-corrected chi connectivity index (χ2v) is 8.50. The zero-order valence-electron chi connectivity index (χ0n) is 10.3. The molecule has 4 rings (SSSR count). The summed E-state index contributed by atoms with van der Waals surface area (Å²) >= 11 is 13.0. The summed E-state index contributed by atoms with van der Waals surface area (Å²) in [5.74, 6) is -0.224. The molecule has 4 fully saturated rings. The SMILES string of the molecule is O=C1/C(=C2\SC(=S)N(C3CC3)C2=O)SC(=S)N1C1CC1. The molecule has 0 aromatic rings. The van der Waals surface area contributed by atoms with Gasteiger partial charge >= 0.3 is 0 Å². The second-order valence-electron chi connectivity index (χ2n) is 5.21. The van der Waals surface area contributed by atoms with E-state index in [0.717, 1.165) is 25.7 Å². The number of nitrogens with zero attached hydrogens (tertiary/aromatic N) is 2. The molecule has 2 aliphatic heterocycles. The van der Waals surface area contributed by atoms with Crippen molar-refractivity contribution in [3.05, 3.63) is 9.81 Å². The van der Waals surface area contributed by atoms with Gasteiger partial charge in [-0.15, -0.1) is 0 Å². The van der Waals surface area contributed by atoms with Crippen LogP contribution in [0.25, 0.3) is 0 Å². The van der Waals surface area contributed by atoms with Gasteiger partial charge in [-0.1, -0.05) is 48.0 Å². The predicted octanol–water partition coefficient (Wildman–Crippen LogP) is 2.24. The van der Waals surface area contributed by atoms with E-state index in [1.165, 1.54) is 23.5 Å². The van der Waals surface area contributed by atoms with Crippen molar-refractivity contribution < 1.29 is 9.59 Å². The second kappa shape index (κ2) is 4.53. The van der Waals surface area contributed by atoms with E-state index in [1.807, 2.05) is 0 Å². The van der Waals surface area contributed by atoms with E-state index in [1.54, 1.807) is 9.80 Å². The lowest BCUT2D eigenvalue weighted by molar-refractivity contribution is -0.125. The molecular weight excluding hydrogens is 332 g/mol. The van der Waals surface area contributed by atoms with E-state index in [-0.39, 0.29) is 23.9 Å². The van der Waals surface area contributed by atoms with Crippen LogP contribution in [0.5, 0.6) is 0 Å². The third kappa shape index (κ3) is 1.96. The Balaban J connectivity index is 1.69. The van der Waals surface area contributed by atoms with Crippen LogP contribution in [0.15, 0.2) is 9.81 Å². The summed E-state index contributed by atoms with van der Waals surface area (Å²) in [5.41, 5.74) is 0. The van der Waals surface area contributed by atoms with Gasteiger partial charge in [0.15, 0.2) is 0 Å². The van der Waals surface area contributed by atoms with Crippen molar-refractivity contribution in [2.75, 3.05) is 0 Å². The topological polar surface area (TPSA) is 40.6 Å². The van der Waals surface area contributed by atoms with E-state index in [0.29, 0.717) is 18.5 Å². The van der Waals surface area contributed by atoms with Crippen molar-refractivity contribution in [3.63, 3.8) is 0 Å². The summed E-state index contributed by atoms with van der Waals surface area (Å²) in [4.78, 5) is 29.2. The Morgan fingerprint density at radius 3 is 1.45 bits per heavy atom. The Morgan fingerprint density at radius 1 is 0.800 bits per heavy atom. The van der Waals surface area contributed by atoms with E-state index >= 15 is 0 Å². The molecule has 4 nitrogen and oxygen atoms in total. The highest BCUT2D eigenvalue weighted by molar-refractivity contribution is 8.29. The number of amides is 2. The largest absolute Gasteiger partial charge is 0.290 e. The Morgan fingerprint density at radius 2 is 1.15 bits per heavy atom. The van der Waals surface area contributed by atoms with Gasteiger partial charge in [-0.25, -0.2) is 0 Å². The number of carbonyl (C=O) groups is 2. The van der Waals surface area contributed by atoms with Gasteiger partial charge in [0, 0.05) is 12.1 Å². The van der Waals surface area contributed by atoms with Gasteiger partial charge in [0.05, 0.1) is 9.81 Å². The molecule has 4 aliphatic rings. The molecule has 0 radical (unpaired) electrons. The molecule has 0 aromatic heterocycles. The number of thioether (sulfide) groups is 2. The summed E-state index contributed by atoms with van der Waals surface area (Å²) in [6.07, 6.45) is 4.01. The molecule has 2 aliphatic carbocycles. The smallest absolute Gasteiger partial charge is 0.267 e. The van der Waals surface area contributed by atoms with Crippen LogP contribution in [0.2, 0.25) is 0 Å². The van der Waals surface area contributed by atoms with Crippen LogP contribution in [-0.4, -0.2) is 42.3 Å². The maximum absolute atomic E-state index is 12.5. The van der Waals surface area contributed by atoms with E-state index < -0.39 is 0 Å². The molecule has 0 bridgehead atoms. The van der Waals surface area contributed by atoms with Gasteiger partial charge in [-0.05, 0) is 25.7 Å². The molecule has 104 valence electrons. The molecular formula is C12H10N2O2S4. The van der Waals surface area contributed by atoms with Crippen molar-refractivity contribution in [1.29, 1.82) is 0 Å². The molecule has 2 amide bonds. The monoisotopic (exact) mass is 342 g/mol. The third-order valence-electron chi connectivity index (χ3n) is 3.63. The number of carbonyl (C=O) groups excluding carboxylic acids is 2.